The molecule has 1 unspecified atom stereocenters. The lowest BCUT2D eigenvalue weighted by atomic mass is 10.1. The zero-order chi connectivity index (χ0) is 19.9. The zero-order valence-electron chi connectivity index (χ0n) is 18.5. The number of hydrogen-bond acceptors (Lipinski definition) is 3. The summed E-state index contributed by atoms with van der Waals surface area (Å²) < 4.78 is 6.07. The minimum Gasteiger partial charge on any atom is -0.493 e. The van der Waals surface area contributed by atoms with Gasteiger partial charge in [0.1, 0.15) is 5.75 Å². The van der Waals surface area contributed by atoms with Gasteiger partial charge in [-0.25, -0.2) is 0 Å². The summed E-state index contributed by atoms with van der Waals surface area (Å²) in [7, 11) is 1.84. The second kappa shape index (κ2) is 12.0. The van der Waals surface area contributed by atoms with Crippen molar-refractivity contribution in [3.63, 3.8) is 0 Å². The normalized spacial score (nSPS) is 19.9. The molecule has 2 aliphatic rings. The van der Waals surface area contributed by atoms with E-state index in [1.54, 1.807) is 0 Å². The minimum atomic E-state index is 0. The highest BCUT2D eigenvalue weighted by Gasteiger charge is 2.34. The van der Waals surface area contributed by atoms with Crippen LogP contribution in [0.5, 0.6) is 5.75 Å². The molecule has 1 saturated heterocycles. The van der Waals surface area contributed by atoms with Crippen molar-refractivity contribution in [2.75, 3.05) is 33.3 Å². The fourth-order valence-electron chi connectivity index (χ4n) is 3.79. The van der Waals surface area contributed by atoms with E-state index in [1.807, 2.05) is 7.05 Å². The molecular formula is C23H39IN4O. The molecule has 2 fully saturated rings. The van der Waals surface area contributed by atoms with Crippen molar-refractivity contribution in [2.24, 2.45) is 16.8 Å². The third kappa shape index (κ3) is 7.96. The van der Waals surface area contributed by atoms with Gasteiger partial charge in [0.15, 0.2) is 5.96 Å². The molecule has 6 heteroatoms. The van der Waals surface area contributed by atoms with Crippen molar-refractivity contribution >= 4 is 29.9 Å². The van der Waals surface area contributed by atoms with Crippen LogP contribution >= 0.6 is 24.0 Å². The van der Waals surface area contributed by atoms with Crippen LogP contribution in [-0.4, -0.2) is 50.2 Å². The second-order valence-corrected chi connectivity index (χ2v) is 8.83. The summed E-state index contributed by atoms with van der Waals surface area (Å²) in [6, 6.07) is 7.33. The third-order valence-corrected chi connectivity index (χ3v) is 5.78. The van der Waals surface area contributed by atoms with Gasteiger partial charge >= 0.3 is 0 Å². The first-order valence-corrected chi connectivity index (χ1v) is 11.0. The van der Waals surface area contributed by atoms with Crippen molar-refractivity contribution in [3.05, 3.63) is 29.3 Å². The molecule has 1 aliphatic carbocycles. The van der Waals surface area contributed by atoms with Crippen LogP contribution in [-0.2, 0) is 6.54 Å². The Morgan fingerprint density at radius 2 is 2.03 bits per heavy atom. The summed E-state index contributed by atoms with van der Waals surface area (Å²) in [5, 5.41) is 6.98. The Bertz CT molecular complexity index is 660. The summed E-state index contributed by atoms with van der Waals surface area (Å²) in [4.78, 5) is 7.07. The van der Waals surface area contributed by atoms with Gasteiger partial charge in [-0.15, -0.1) is 24.0 Å². The molecule has 2 N–H and O–H groups in total. The average molecular weight is 514 g/mol. The first-order chi connectivity index (χ1) is 13.5. The lowest BCUT2D eigenvalue weighted by Gasteiger charge is -2.18. The second-order valence-electron chi connectivity index (χ2n) is 8.83. The van der Waals surface area contributed by atoms with Gasteiger partial charge in [0.2, 0.25) is 0 Å². The number of benzene rings is 1. The monoisotopic (exact) mass is 514 g/mol. The zero-order valence-corrected chi connectivity index (χ0v) is 20.9. The third-order valence-electron chi connectivity index (χ3n) is 5.78. The van der Waals surface area contributed by atoms with Crippen LogP contribution in [0.3, 0.4) is 0 Å². The average Bonchev–Trinajstić information content (AvgIpc) is 3.41. The largest absolute Gasteiger partial charge is 0.493 e. The summed E-state index contributed by atoms with van der Waals surface area (Å²) in [5.41, 5.74) is 2.41. The number of ether oxygens (including phenoxy) is 1. The van der Waals surface area contributed by atoms with Gasteiger partial charge < -0.3 is 20.3 Å². The first-order valence-electron chi connectivity index (χ1n) is 11.0. The van der Waals surface area contributed by atoms with Crippen LogP contribution in [0.25, 0.3) is 0 Å². The number of nitrogens with one attached hydrogen (secondary N) is 2. The number of halogens is 1. The Hall–Kier alpha value is -1.02. The minimum absolute atomic E-state index is 0. The molecule has 5 nitrogen and oxygen atoms in total. The van der Waals surface area contributed by atoms with E-state index >= 15 is 0 Å². The van der Waals surface area contributed by atoms with Crippen molar-refractivity contribution in [1.82, 2.24) is 15.5 Å². The maximum Gasteiger partial charge on any atom is 0.191 e. The quantitative estimate of drug-likeness (QED) is 0.295. The van der Waals surface area contributed by atoms with Crippen LogP contribution in [0.2, 0.25) is 0 Å². The van der Waals surface area contributed by atoms with Crippen molar-refractivity contribution < 1.29 is 4.74 Å². The van der Waals surface area contributed by atoms with E-state index in [4.69, 9.17) is 4.74 Å². The molecular weight excluding hydrogens is 475 g/mol. The molecule has 0 radical (unpaired) electrons. The molecule has 0 spiro atoms. The topological polar surface area (TPSA) is 48.9 Å². The molecule has 29 heavy (non-hydrogen) atoms. The van der Waals surface area contributed by atoms with Crippen LogP contribution in [0, 0.1) is 18.8 Å². The van der Waals surface area contributed by atoms with Gasteiger partial charge in [-0.3, -0.25) is 4.99 Å². The predicted molar refractivity (Wildman–Crippen MR) is 132 cm³/mol. The molecule has 0 aromatic heterocycles. The van der Waals surface area contributed by atoms with Gasteiger partial charge in [-0.05, 0) is 62.6 Å². The highest BCUT2D eigenvalue weighted by molar-refractivity contribution is 14.0. The Morgan fingerprint density at radius 3 is 2.72 bits per heavy atom. The summed E-state index contributed by atoms with van der Waals surface area (Å²) >= 11 is 0. The van der Waals surface area contributed by atoms with Crippen LogP contribution in [0.4, 0.5) is 0 Å². The molecule has 1 aliphatic heterocycles. The number of likely N-dealkylation sites (tertiary alicyclic amines) is 1. The summed E-state index contributed by atoms with van der Waals surface area (Å²) in [6.45, 7) is 11.5. The number of rotatable bonds is 9. The molecule has 0 bridgehead atoms. The van der Waals surface area contributed by atoms with Gasteiger partial charge in [-0.2, -0.15) is 0 Å². The molecule has 0 amide bonds. The fraction of sp³-hybridized carbons (Fsp3) is 0.696. The molecule has 1 aromatic rings. The number of aryl methyl sites for hydroxylation is 1. The van der Waals surface area contributed by atoms with Crippen LogP contribution in [0.1, 0.15) is 50.7 Å². The van der Waals surface area contributed by atoms with Crippen molar-refractivity contribution in [3.8, 4) is 5.75 Å². The molecule has 1 heterocycles. The highest BCUT2D eigenvalue weighted by atomic mass is 127. The van der Waals surface area contributed by atoms with E-state index in [0.717, 1.165) is 49.8 Å². The van der Waals surface area contributed by atoms with Crippen LogP contribution < -0.4 is 15.4 Å². The molecule has 3 rings (SSSR count). The van der Waals surface area contributed by atoms with E-state index in [1.165, 1.54) is 43.5 Å². The van der Waals surface area contributed by atoms with Gasteiger partial charge in [0, 0.05) is 38.3 Å². The number of hydrogen-bond donors (Lipinski definition) is 2. The Balaban J connectivity index is 0.00000300. The Kier molecular flexibility index (Phi) is 10.0. The SMILES string of the molecule is CN=C(NCc1ccc(C)cc1OCCC(C)C)NCC1CCN(C2CC2)C1.I. The molecule has 164 valence electrons. The fourth-order valence-corrected chi connectivity index (χ4v) is 3.79. The van der Waals surface area contributed by atoms with E-state index in [-0.39, 0.29) is 24.0 Å². The Labute approximate surface area is 194 Å². The predicted octanol–water partition coefficient (Wildman–Crippen LogP) is 4.19. The lowest BCUT2D eigenvalue weighted by Crippen LogP contribution is -2.40. The molecule has 1 atom stereocenters. The summed E-state index contributed by atoms with van der Waals surface area (Å²) in [5.74, 6) is 3.24. The van der Waals surface area contributed by atoms with Crippen molar-refractivity contribution in [2.45, 2.75) is 59.0 Å². The molecule has 1 aromatic carbocycles. The maximum absolute atomic E-state index is 6.07. The number of aliphatic imine (C=N–C) groups is 1. The van der Waals surface area contributed by atoms with Gasteiger partial charge in [-0.1, -0.05) is 26.0 Å². The van der Waals surface area contributed by atoms with E-state index in [2.05, 4.69) is 59.5 Å². The van der Waals surface area contributed by atoms with Gasteiger partial charge in [0.05, 0.1) is 6.61 Å². The Morgan fingerprint density at radius 1 is 1.24 bits per heavy atom. The van der Waals surface area contributed by atoms with E-state index in [0.29, 0.717) is 5.92 Å². The smallest absolute Gasteiger partial charge is 0.191 e. The number of nitrogens with zero attached hydrogens (tertiary/aromatic N) is 2. The maximum atomic E-state index is 6.07. The van der Waals surface area contributed by atoms with Crippen LogP contribution in [0.15, 0.2) is 23.2 Å². The first kappa shape index (κ1) is 24.3. The van der Waals surface area contributed by atoms with Crippen molar-refractivity contribution in [1.29, 1.82) is 0 Å². The lowest BCUT2D eigenvalue weighted by molar-refractivity contribution is 0.286. The summed E-state index contributed by atoms with van der Waals surface area (Å²) in [6.07, 6.45) is 5.18. The highest BCUT2D eigenvalue weighted by Crippen LogP contribution is 2.31. The van der Waals surface area contributed by atoms with E-state index < -0.39 is 0 Å². The number of guanidine groups is 1. The van der Waals surface area contributed by atoms with E-state index in [9.17, 15) is 0 Å². The van der Waals surface area contributed by atoms with Gasteiger partial charge in [0.25, 0.3) is 0 Å². The standard InChI is InChI=1S/C23H38N4O.HI/c1-17(2)10-12-28-22-13-18(3)5-6-20(22)15-26-23(24-4)25-14-19-9-11-27(16-19)21-7-8-21;/h5-6,13,17,19,21H,7-12,14-16H2,1-4H3,(H2,24,25,26);1H. The molecule has 1 saturated carbocycles.